The minimum absolute atomic E-state index is 0.829. The molecule has 0 atom stereocenters. The molecule has 2 aromatic rings. The minimum Gasteiger partial charge on any atom is -0.496 e. The summed E-state index contributed by atoms with van der Waals surface area (Å²) in [5.74, 6) is 2.04. The molecule has 1 aromatic carbocycles. The molecule has 1 heterocycles. The molecule has 0 saturated carbocycles. The van der Waals surface area contributed by atoms with Gasteiger partial charge in [0, 0.05) is 37.5 Å². The Hall–Kier alpha value is -1.81. The van der Waals surface area contributed by atoms with Crippen LogP contribution in [0.2, 0.25) is 0 Å². The van der Waals surface area contributed by atoms with Gasteiger partial charge in [-0.15, -0.1) is 0 Å². The molecule has 0 unspecified atom stereocenters. The summed E-state index contributed by atoms with van der Waals surface area (Å²) in [6, 6.07) is 6.36. The third-order valence-electron chi connectivity index (χ3n) is 3.41. The Labute approximate surface area is 120 Å². The second-order valence-corrected chi connectivity index (χ2v) is 4.73. The molecule has 0 aliphatic rings. The molecule has 0 radical (unpaired) electrons. The van der Waals surface area contributed by atoms with Crippen molar-refractivity contribution in [3.63, 3.8) is 0 Å². The fraction of sp³-hybridized carbons (Fsp3) is 0.438. The maximum atomic E-state index is 5.42. The van der Waals surface area contributed by atoms with Crippen molar-refractivity contribution in [2.75, 3.05) is 13.7 Å². The summed E-state index contributed by atoms with van der Waals surface area (Å²) in [5, 5.41) is 3.35. The highest BCUT2D eigenvalue weighted by Gasteiger charge is 2.07. The number of imidazole rings is 1. The molecule has 0 bridgehead atoms. The zero-order valence-electron chi connectivity index (χ0n) is 12.5. The van der Waals surface area contributed by atoms with Gasteiger partial charge in [-0.1, -0.05) is 19.1 Å². The topological polar surface area (TPSA) is 39.1 Å². The molecule has 1 aromatic heterocycles. The van der Waals surface area contributed by atoms with Crippen LogP contribution in [0.25, 0.3) is 0 Å². The maximum Gasteiger partial charge on any atom is 0.123 e. The van der Waals surface area contributed by atoms with Crippen molar-refractivity contribution >= 4 is 0 Å². The van der Waals surface area contributed by atoms with Gasteiger partial charge in [-0.05, 0) is 25.1 Å². The van der Waals surface area contributed by atoms with Crippen molar-refractivity contribution < 1.29 is 4.74 Å². The smallest absolute Gasteiger partial charge is 0.123 e. The number of nitrogens with zero attached hydrogens (tertiary/aromatic N) is 2. The van der Waals surface area contributed by atoms with E-state index in [4.69, 9.17) is 4.74 Å². The molecule has 1 N–H and O–H groups in total. The van der Waals surface area contributed by atoms with Crippen LogP contribution in [0.5, 0.6) is 5.75 Å². The molecular weight excluding hydrogens is 250 g/mol. The number of rotatable bonds is 7. The van der Waals surface area contributed by atoms with E-state index in [1.54, 1.807) is 7.11 Å². The standard InChI is InChI=1S/C16H23N3O/c1-4-17-12-14-10-13(6-7-15(14)20-3)11-16-18-8-9-19(16)5-2/h6-10,17H,4-5,11-12H2,1-3H3. The number of aromatic nitrogens is 2. The summed E-state index contributed by atoms with van der Waals surface area (Å²) in [6.45, 7) is 6.98. The number of benzene rings is 1. The molecule has 4 nitrogen and oxygen atoms in total. The average Bonchev–Trinajstić information content (AvgIpc) is 2.92. The first-order chi connectivity index (χ1) is 9.78. The molecule has 0 spiro atoms. The summed E-state index contributed by atoms with van der Waals surface area (Å²) in [4.78, 5) is 4.43. The lowest BCUT2D eigenvalue weighted by atomic mass is 10.1. The normalized spacial score (nSPS) is 10.8. The lowest BCUT2D eigenvalue weighted by Gasteiger charge is -2.11. The van der Waals surface area contributed by atoms with Gasteiger partial charge >= 0.3 is 0 Å². The monoisotopic (exact) mass is 273 g/mol. The largest absolute Gasteiger partial charge is 0.496 e. The van der Waals surface area contributed by atoms with Crippen LogP contribution >= 0.6 is 0 Å². The van der Waals surface area contributed by atoms with Gasteiger partial charge < -0.3 is 14.6 Å². The zero-order chi connectivity index (χ0) is 14.4. The predicted molar refractivity (Wildman–Crippen MR) is 81.1 cm³/mol. The Kier molecular flexibility index (Phi) is 5.18. The third kappa shape index (κ3) is 3.39. The molecule has 108 valence electrons. The Morgan fingerprint density at radius 2 is 2.15 bits per heavy atom. The third-order valence-corrected chi connectivity index (χ3v) is 3.41. The van der Waals surface area contributed by atoms with Crippen LogP contribution in [0.4, 0.5) is 0 Å². The Balaban J connectivity index is 2.19. The van der Waals surface area contributed by atoms with E-state index in [-0.39, 0.29) is 0 Å². The molecule has 0 saturated heterocycles. The Morgan fingerprint density at radius 1 is 1.30 bits per heavy atom. The van der Waals surface area contributed by atoms with E-state index in [0.29, 0.717) is 0 Å². The van der Waals surface area contributed by atoms with Crippen LogP contribution in [0, 0.1) is 0 Å². The Bertz CT molecular complexity index is 548. The van der Waals surface area contributed by atoms with Gasteiger partial charge in [0.2, 0.25) is 0 Å². The maximum absolute atomic E-state index is 5.42. The van der Waals surface area contributed by atoms with Crippen LogP contribution in [0.3, 0.4) is 0 Å². The van der Waals surface area contributed by atoms with Crippen molar-refractivity contribution in [3.05, 3.63) is 47.5 Å². The van der Waals surface area contributed by atoms with Gasteiger partial charge in [0.1, 0.15) is 11.6 Å². The summed E-state index contributed by atoms with van der Waals surface area (Å²) >= 11 is 0. The van der Waals surface area contributed by atoms with Crippen LogP contribution in [0.15, 0.2) is 30.6 Å². The second kappa shape index (κ2) is 7.10. The van der Waals surface area contributed by atoms with Gasteiger partial charge in [-0.2, -0.15) is 0 Å². The quantitative estimate of drug-likeness (QED) is 0.843. The second-order valence-electron chi connectivity index (χ2n) is 4.73. The fourth-order valence-corrected chi connectivity index (χ4v) is 2.32. The van der Waals surface area contributed by atoms with E-state index in [1.807, 2.05) is 18.5 Å². The van der Waals surface area contributed by atoms with Gasteiger partial charge in [-0.25, -0.2) is 4.98 Å². The van der Waals surface area contributed by atoms with E-state index < -0.39 is 0 Å². The molecule has 20 heavy (non-hydrogen) atoms. The van der Waals surface area contributed by atoms with Gasteiger partial charge in [0.25, 0.3) is 0 Å². The summed E-state index contributed by atoms with van der Waals surface area (Å²) in [7, 11) is 1.72. The highest BCUT2D eigenvalue weighted by Crippen LogP contribution is 2.21. The summed E-state index contributed by atoms with van der Waals surface area (Å²) < 4.78 is 7.59. The van der Waals surface area contributed by atoms with Crippen LogP contribution < -0.4 is 10.1 Å². The lowest BCUT2D eigenvalue weighted by Crippen LogP contribution is -2.13. The van der Waals surface area contributed by atoms with Crippen LogP contribution in [-0.4, -0.2) is 23.2 Å². The summed E-state index contributed by atoms with van der Waals surface area (Å²) in [5.41, 5.74) is 2.46. The van der Waals surface area contributed by atoms with E-state index in [0.717, 1.165) is 37.6 Å². The summed E-state index contributed by atoms with van der Waals surface area (Å²) in [6.07, 6.45) is 4.74. The van der Waals surface area contributed by atoms with E-state index >= 15 is 0 Å². The molecular formula is C16H23N3O. The highest BCUT2D eigenvalue weighted by atomic mass is 16.5. The van der Waals surface area contributed by atoms with Gasteiger partial charge in [-0.3, -0.25) is 0 Å². The molecule has 2 rings (SSSR count). The first kappa shape index (κ1) is 14.6. The van der Waals surface area contributed by atoms with Crippen molar-refractivity contribution in [1.29, 1.82) is 0 Å². The molecule has 0 aliphatic carbocycles. The highest BCUT2D eigenvalue weighted by molar-refractivity contribution is 5.38. The SMILES string of the molecule is CCNCc1cc(Cc2nccn2CC)ccc1OC. The number of methoxy groups -OCH3 is 1. The van der Waals surface area contributed by atoms with Gasteiger partial charge in [0.05, 0.1) is 7.11 Å². The number of nitrogens with one attached hydrogen (secondary N) is 1. The van der Waals surface area contributed by atoms with E-state index in [2.05, 4.69) is 40.8 Å². The first-order valence-corrected chi connectivity index (χ1v) is 7.15. The predicted octanol–water partition coefficient (Wildman–Crippen LogP) is 2.61. The molecule has 0 amide bonds. The van der Waals surface area contributed by atoms with E-state index in [9.17, 15) is 0 Å². The minimum atomic E-state index is 0.829. The van der Waals surface area contributed by atoms with Crippen molar-refractivity contribution in [2.45, 2.75) is 33.4 Å². The fourth-order valence-electron chi connectivity index (χ4n) is 2.32. The molecule has 0 fully saturated rings. The lowest BCUT2D eigenvalue weighted by molar-refractivity contribution is 0.408. The van der Waals surface area contributed by atoms with Crippen LogP contribution in [0.1, 0.15) is 30.8 Å². The van der Waals surface area contributed by atoms with Crippen molar-refractivity contribution in [2.24, 2.45) is 0 Å². The van der Waals surface area contributed by atoms with E-state index in [1.165, 1.54) is 11.1 Å². The van der Waals surface area contributed by atoms with Gasteiger partial charge in [0.15, 0.2) is 0 Å². The zero-order valence-corrected chi connectivity index (χ0v) is 12.5. The average molecular weight is 273 g/mol. The number of hydrogen-bond acceptors (Lipinski definition) is 3. The number of ether oxygens (including phenoxy) is 1. The number of hydrogen-bond donors (Lipinski definition) is 1. The van der Waals surface area contributed by atoms with Crippen molar-refractivity contribution in [3.8, 4) is 5.75 Å². The Morgan fingerprint density at radius 3 is 2.85 bits per heavy atom. The molecule has 0 aliphatic heterocycles. The van der Waals surface area contributed by atoms with Crippen LogP contribution in [-0.2, 0) is 19.5 Å². The number of aryl methyl sites for hydroxylation is 1. The first-order valence-electron chi connectivity index (χ1n) is 7.15. The van der Waals surface area contributed by atoms with Crippen molar-refractivity contribution in [1.82, 2.24) is 14.9 Å². The molecule has 4 heteroatoms.